The van der Waals surface area contributed by atoms with Gasteiger partial charge in [0.2, 0.25) is 0 Å². The first-order chi connectivity index (χ1) is 8.66. The third kappa shape index (κ3) is 1.64. The zero-order valence-electron chi connectivity index (χ0n) is 9.39. The van der Waals surface area contributed by atoms with Gasteiger partial charge >= 0.3 is 6.09 Å². The number of aromatic nitrogens is 1. The minimum absolute atomic E-state index is 0.340. The van der Waals surface area contributed by atoms with Gasteiger partial charge in [-0.15, -0.1) is 0 Å². The van der Waals surface area contributed by atoms with Crippen molar-refractivity contribution in [1.82, 2.24) is 4.98 Å². The molecular formula is C12H10ClN3O2. The zero-order valence-corrected chi connectivity index (χ0v) is 10.1. The number of benzene rings is 1. The highest BCUT2D eigenvalue weighted by Crippen LogP contribution is 2.31. The molecular weight excluding hydrogens is 254 g/mol. The number of nitrogens with zero attached hydrogens (tertiary/aromatic N) is 2. The molecule has 1 amide bonds. The Kier molecular flexibility index (Phi) is 2.48. The Labute approximate surface area is 108 Å². The summed E-state index contributed by atoms with van der Waals surface area (Å²) >= 11 is 6.09. The van der Waals surface area contributed by atoms with Crippen molar-refractivity contribution in [3.05, 3.63) is 29.4 Å². The van der Waals surface area contributed by atoms with Crippen LogP contribution in [0.25, 0.3) is 10.8 Å². The molecule has 0 spiro atoms. The number of hydrogen-bond acceptors (Lipinski definition) is 4. The third-order valence-corrected chi connectivity index (χ3v) is 3.23. The molecule has 2 heterocycles. The first-order valence-corrected chi connectivity index (χ1v) is 5.82. The molecule has 18 heavy (non-hydrogen) atoms. The van der Waals surface area contributed by atoms with E-state index in [2.05, 4.69) is 4.98 Å². The van der Waals surface area contributed by atoms with Gasteiger partial charge < -0.3 is 10.5 Å². The van der Waals surface area contributed by atoms with Crippen LogP contribution in [0.4, 0.5) is 16.3 Å². The zero-order chi connectivity index (χ0) is 12.7. The Morgan fingerprint density at radius 2 is 2.22 bits per heavy atom. The van der Waals surface area contributed by atoms with E-state index in [-0.39, 0.29) is 6.09 Å². The fourth-order valence-electron chi connectivity index (χ4n) is 2.01. The molecule has 92 valence electrons. The van der Waals surface area contributed by atoms with E-state index in [1.165, 1.54) is 6.20 Å². The average molecular weight is 264 g/mol. The lowest BCUT2D eigenvalue weighted by Crippen LogP contribution is -2.23. The van der Waals surface area contributed by atoms with Crippen molar-refractivity contribution in [1.29, 1.82) is 0 Å². The highest BCUT2D eigenvalue weighted by Gasteiger charge is 2.23. The summed E-state index contributed by atoms with van der Waals surface area (Å²) in [4.78, 5) is 17.0. The molecule has 2 N–H and O–H groups in total. The number of rotatable bonds is 1. The maximum absolute atomic E-state index is 11.5. The number of cyclic esters (lactones) is 1. The van der Waals surface area contributed by atoms with Gasteiger partial charge in [-0.1, -0.05) is 11.6 Å². The number of fused-ring (bicyclic) bond motifs is 1. The van der Waals surface area contributed by atoms with E-state index >= 15 is 0 Å². The predicted molar refractivity (Wildman–Crippen MR) is 69.9 cm³/mol. The van der Waals surface area contributed by atoms with E-state index in [0.29, 0.717) is 24.0 Å². The summed E-state index contributed by atoms with van der Waals surface area (Å²) in [6.45, 7) is 0.950. The van der Waals surface area contributed by atoms with E-state index in [4.69, 9.17) is 22.1 Å². The summed E-state index contributed by atoms with van der Waals surface area (Å²) in [7, 11) is 0. The molecule has 5 nitrogen and oxygen atoms in total. The van der Waals surface area contributed by atoms with E-state index in [9.17, 15) is 4.79 Å². The SMILES string of the molecule is Nc1ncc(Cl)c2cc(N3CCOC3=O)ccc12. The van der Waals surface area contributed by atoms with E-state index in [1.807, 2.05) is 18.2 Å². The quantitative estimate of drug-likeness (QED) is 0.858. The molecule has 1 saturated heterocycles. The van der Waals surface area contributed by atoms with Crippen LogP contribution in [0.15, 0.2) is 24.4 Å². The number of amides is 1. The standard InChI is InChI=1S/C12H10ClN3O2/c13-10-6-15-11(14)8-2-1-7(5-9(8)10)16-3-4-18-12(16)17/h1-2,5-6H,3-4H2,(H2,14,15). The minimum atomic E-state index is -0.340. The van der Waals surface area contributed by atoms with Crippen LogP contribution in [0.1, 0.15) is 0 Å². The van der Waals surface area contributed by atoms with Crippen LogP contribution in [0.3, 0.4) is 0 Å². The topological polar surface area (TPSA) is 68.4 Å². The Hall–Kier alpha value is -2.01. The number of nitrogens with two attached hydrogens (primary N) is 1. The molecule has 0 unspecified atom stereocenters. The number of halogens is 1. The molecule has 6 heteroatoms. The van der Waals surface area contributed by atoms with Gasteiger partial charge in [-0.2, -0.15) is 0 Å². The molecule has 0 aliphatic carbocycles. The Morgan fingerprint density at radius 1 is 1.39 bits per heavy atom. The highest BCUT2D eigenvalue weighted by molar-refractivity contribution is 6.35. The smallest absolute Gasteiger partial charge is 0.414 e. The van der Waals surface area contributed by atoms with E-state index < -0.39 is 0 Å². The highest BCUT2D eigenvalue weighted by atomic mass is 35.5. The van der Waals surface area contributed by atoms with Crippen molar-refractivity contribution in [2.24, 2.45) is 0 Å². The molecule has 1 aliphatic heterocycles. The molecule has 3 rings (SSSR count). The summed E-state index contributed by atoms with van der Waals surface area (Å²) in [6.07, 6.45) is 1.16. The van der Waals surface area contributed by atoms with Crippen molar-refractivity contribution >= 4 is 40.0 Å². The van der Waals surface area contributed by atoms with Crippen LogP contribution >= 0.6 is 11.6 Å². The normalized spacial score (nSPS) is 15.2. The largest absolute Gasteiger partial charge is 0.447 e. The van der Waals surface area contributed by atoms with Gasteiger partial charge in [-0.3, -0.25) is 4.90 Å². The summed E-state index contributed by atoms with van der Waals surface area (Å²) in [5.74, 6) is 0.421. The molecule has 1 aliphatic rings. The number of carbonyl (C=O) groups excluding carboxylic acids is 1. The van der Waals surface area contributed by atoms with Crippen molar-refractivity contribution in [2.75, 3.05) is 23.8 Å². The predicted octanol–water partition coefficient (Wildman–Crippen LogP) is 2.43. The Bertz CT molecular complexity index is 645. The van der Waals surface area contributed by atoms with E-state index in [1.54, 1.807) is 4.90 Å². The summed E-state index contributed by atoms with van der Waals surface area (Å²) in [6, 6.07) is 5.44. The van der Waals surface area contributed by atoms with Crippen molar-refractivity contribution in [3.8, 4) is 0 Å². The van der Waals surface area contributed by atoms with Gasteiger partial charge in [-0.25, -0.2) is 9.78 Å². The minimum Gasteiger partial charge on any atom is -0.447 e. The van der Waals surface area contributed by atoms with Crippen LogP contribution in [-0.4, -0.2) is 24.2 Å². The maximum Gasteiger partial charge on any atom is 0.414 e. The van der Waals surface area contributed by atoms with Crippen molar-refractivity contribution < 1.29 is 9.53 Å². The first kappa shape index (κ1) is 11.1. The van der Waals surface area contributed by atoms with Crippen LogP contribution in [0.5, 0.6) is 0 Å². The number of anilines is 2. The monoisotopic (exact) mass is 263 g/mol. The van der Waals surface area contributed by atoms with Gasteiger partial charge in [0, 0.05) is 22.7 Å². The van der Waals surface area contributed by atoms with Crippen LogP contribution in [-0.2, 0) is 4.74 Å². The van der Waals surface area contributed by atoms with Crippen molar-refractivity contribution in [2.45, 2.75) is 0 Å². The molecule has 2 aromatic rings. The number of hydrogen-bond donors (Lipinski definition) is 1. The summed E-state index contributed by atoms with van der Waals surface area (Å²) in [5.41, 5.74) is 6.53. The Morgan fingerprint density at radius 3 is 2.94 bits per heavy atom. The van der Waals surface area contributed by atoms with Gasteiger partial charge in [-0.05, 0) is 18.2 Å². The number of pyridine rings is 1. The fourth-order valence-corrected chi connectivity index (χ4v) is 2.22. The second kappa shape index (κ2) is 4.03. The average Bonchev–Trinajstić information content (AvgIpc) is 2.80. The Balaban J connectivity index is 2.16. The second-order valence-corrected chi connectivity index (χ2v) is 4.39. The second-order valence-electron chi connectivity index (χ2n) is 3.99. The number of nitrogen functional groups attached to an aromatic ring is 1. The first-order valence-electron chi connectivity index (χ1n) is 5.45. The van der Waals surface area contributed by atoms with E-state index in [0.717, 1.165) is 16.5 Å². The molecule has 1 fully saturated rings. The summed E-state index contributed by atoms with van der Waals surface area (Å²) < 4.78 is 4.90. The van der Waals surface area contributed by atoms with Crippen LogP contribution in [0, 0.1) is 0 Å². The fraction of sp³-hybridized carbons (Fsp3) is 0.167. The lowest BCUT2D eigenvalue weighted by molar-refractivity contribution is 0.181. The lowest BCUT2D eigenvalue weighted by atomic mass is 10.1. The molecule has 0 radical (unpaired) electrons. The molecule has 1 aromatic carbocycles. The van der Waals surface area contributed by atoms with Crippen LogP contribution in [0.2, 0.25) is 5.02 Å². The molecule has 0 saturated carbocycles. The molecule has 0 atom stereocenters. The third-order valence-electron chi connectivity index (χ3n) is 2.93. The lowest BCUT2D eigenvalue weighted by Gasteiger charge is -2.14. The number of ether oxygens (including phenoxy) is 1. The van der Waals surface area contributed by atoms with Gasteiger partial charge in [0.25, 0.3) is 0 Å². The van der Waals surface area contributed by atoms with Crippen LogP contribution < -0.4 is 10.6 Å². The van der Waals surface area contributed by atoms with Crippen molar-refractivity contribution in [3.63, 3.8) is 0 Å². The van der Waals surface area contributed by atoms with Gasteiger partial charge in [0.05, 0.1) is 11.6 Å². The summed E-state index contributed by atoms with van der Waals surface area (Å²) in [5, 5.41) is 2.06. The van der Waals surface area contributed by atoms with Gasteiger partial charge in [0.15, 0.2) is 0 Å². The molecule has 0 bridgehead atoms. The number of carbonyl (C=O) groups is 1. The molecule has 1 aromatic heterocycles. The maximum atomic E-state index is 11.5. The van der Waals surface area contributed by atoms with Gasteiger partial charge in [0.1, 0.15) is 12.4 Å².